The molecule has 2 N–H and O–H groups in total. The third-order valence-corrected chi connectivity index (χ3v) is 8.65. The minimum Gasteiger partial charge on any atom is -0.507 e. The van der Waals surface area contributed by atoms with Gasteiger partial charge >= 0.3 is 0 Å². The second-order valence-electron chi connectivity index (χ2n) is 11.4. The Kier molecular flexibility index (Phi) is 7.12. The van der Waals surface area contributed by atoms with Gasteiger partial charge in [0.25, 0.3) is 5.56 Å². The number of aromatic nitrogens is 3. The molecule has 2 aliphatic heterocycles. The maximum Gasteiger partial charge on any atom is 0.282 e. The number of benzene rings is 1. The van der Waals surface area contributed by atoms with Gasteiger partial charge in [-0.2, -0.15) is 0 Å². The summed E-state index contributed by atoms with van der Waals surface area (Å²) in [5.41, 5.74) is 2.62. The number of pyridine rings is 3. The van der Waals surface area contributed by atoms with Crippen molar-refractivity contribution in [2.45, 2.75) is 45.7 Å². The zero-order chi connectivity index (χ0) is 30.7. The quantitative estimate of drug-likeness (QED) is 0.302. The molecule has 2 aliphatic rings. The Morgan fingerprint density at radius 1 is 1.26 bits per heavy atom. The fourth-order valence-electron chi connectivity index (χ4n) is 6.27. The summed E-state index contributed by atoms with van der Waals surface area (Å²) in [5, 5.41) is 14.5. The number of carbonyl (C=O) groups excluding carboxylic acids is 1. The minimum atomic E-state index is -0.703. The molecule has 0 saturated carbocycles. The number of nitrogens with zero attached hydrogens (tertiary/aromatic N) is 5. The van der Waals surface area contributed by atoms with E-state index in [0.29, 0.717) is 47.8 Å². The van der Waals surface area contributed by atoms with Crippen molar-refractivity contribution < 1.29 is 14.3 Å². The summed E-state index contributed by atoms with van der Waals surface area (Å²) in [6.45, 7) is 12.7. The van der Waals surface area contributed by atoms with Crippen molar-refractivity contribution in [3.05, 3.63) is 81.6 Å². The average Bonchev–Trinajstić information content (AvgIpc) is 2.97. The second kappa shape index (κ2) is 10.7. The molecule has 0 aliphatic carbocycles. The van der Waals surface area contributed by atoms with E-state index >= 15 is 4.39 Å². The number of piperazine rings is 1. The van der Waals surface area contributed by atoms with Gasteiger partial charge in [-0.05, 0) is 55.7 Å². The number of amides is 1. The summed E-state index contributed by atoms with van der Waals surface area (Å²) in [6, 6.07) is 7.34. The summed E-state index contributed by atoms with van der Waals surface area (Å²) < 4.78 is 17.6. The summed E-state index contributed by atoms with van der Waals surface area (Å²) in [6.07, 6.45) is 3.01. The molecule has 1 aromatic carbocycles. The lowest BCUT2D eigenvalue weighted by Crippen LogP contribution is -2.62. The molecule has 2 unspecified atom stereocenters. The lowest BCUT2D eigenvalue weighted by atomic mass is 9.99. The van der Waals surface area contributed by atoms with Gasteiger partial charge in [0.2, 0.25) is 5.91 Å². The van der Waals surface area contributed by atoms with Crippen LogP contribution in [0, 0.1) is 12.7 Å². The Balaban J connectivity index is 1.70. The number of nitrogens with one attached hydrogen (secondary N) is 1. The Labute approximate surface area is 253 Å². The summed E-state index contributed by atoms with van der Waals surface area (Å²) in [5.74, 6) is -1.13. The number of rotatable bonds is 4. The molecule has 6 rings (SSSR count). The minimum absolute atomic E-state index is 0.0333. The van der Waals surface area contributed by atoms with Crippen LogP contribution in [0.15, 0.2) is 54.0 Å². The number of aromatic hydroxyl groups is 1. The molecule has 9 nitrogen and oxygen atoms in total. The largest absolute Gasteiger partial charge is 0.507 e. The number of hydrogen-bond donors (Lipinski definition) is 2. The molecule has 5 heterocycles. The highest BCUT2D eigenvalue weighted by atomic mass is 35.5. The number of anilines is 2. The monoisotopic (exact) mass is 602 g/mol. The first-order chi connectivity index (χ1) is 20.5. The Bertz CT molecular complexity index is 1850. The maximum atomic E-state index is 16.1. The predicted octanol–water partition coefficient (Wildman–Crippen LogP) is 5.39. The van der Waals surface area contributed by atoms with E-state index in [2.05, 4.69) is 21.8 Å². The lowest BCUT2D eigenvalue weighted by molar-refractivity contribution is -0.128. The third kappa shape index (κ3) is 4.52. The van der Waals surface area contributed by atoms with Gasteiger partial charge in [0.15, 0.2) is 11.5 Å². The Morgan fingerprint density at radius 3 is 2.72 bits per heavy atom. The van der Waals surface area contributed by atoms with E-state index in [0.717, 1.165) is 5.56 Å². The van der Waals surface area contributed by atoms with Crippen LogP contribution in [0.25, 0.3) is 28.0 Å². The molecule has 1 saturated heterocycles. The van der Waals surface area contributed by atoms with Crippen molar-refractivity contribution in [2.75, 3.05) is 29.9 Å². The first-order valence-electron chi connectivity index (χ1n) is 14.2. The van der Waals surface area contributed by atoms with E-state index in [1.807, 2.05) is 33.8 Å². The molecule has 3 aromatic heterocycles. The summed E-state index contributed by atoms with van der Waals surface area (Å²) >= 11 is 6.44. The molecule has 43 heavy (non-hydrogen) atoms. The van der Waals surface area contributed by atoms with Gasteiger partial charge in [-0.25, -0.2) is 9.37 Å². The van der Waals surface area contributed by atoms with Gasteiger partial charge in [0.05, 0.1) is 33.7 Å². The van der Waals surface area contributed by atoms with Gasteiger partial charge in [-0.3, -0.25) is 19.1 Å². The fourth-order valence-corrected chi connectivity index (χ4v) is 6.53. The van der Waals surface area contributed by atoms with Crippen molar-refractivity contribution in [1.29, 1.82) is 0 Å². The van der Waals surface area contributed by atoms with E-state index in [9.17, 15) is 14.7 Å². The molecule has 0 radical (unpaired) electrons. The van der Waals surface area contributed by atoms with Crippen LogP contribution in [0.2, 0.25) is 5.02 Å². The predicted molar refractivity (Wildman–Crippen MR) is 167 cm³/mol. The number of hydrogen-bond acceptors (Lipinski definition) is 7. The number of halogens is 2. The molecule has 222 valence electrons. The number of carbonyl (C=O) groups is 1. The highest BCUT2D eigenvalue weighted by Gasteiger charge is 2.39. The lowest BCUT2D eigenvalue weighted by Gasteiger charge is -2.49. The SMILES string of the molecule is C=CC(=O)N1CC2CNc3c(c4cc(F)c(-c5c(O)cccc5Cl)nc4n(-c4c(C)ccnc4C(C)C)c3=O)N2CC1C. The number of phenols is 1. The van der Waals surface area contributed by atoms with Crippen molar-refractivity contribution >= 4 is 39.9 Å². The molecule has 11 heteroatoms. The fraction of sp³-hybridized carbons (Fsp3) is 0.312. The van der Waals surface area contributed by atoms with Crippen LogP contribution < -0.4 is 15.8 Å². The topological polar surface area (TPSA) is 104 Å². The summed E-state index contributed by atoms with van der Waals surface area (Å²) in [4.78, 5) is 40.3. The van der Waals surface area contributed by atoms with E-state index in [1.165, 1.54) is 22.8 Å². The number of phenolic OH excluding ortho intramolecular Hbond substituents is 1. The highest BCUT2D eigenvalue weighted by molar-refractivity contribution is 6.33. The average molecular weight is 603 g/mol. The van der Waals surface area contributed by atoms with Gasteiger partial charge < -0.3 is 20.2 Å². The van der Waals surface area contributed by atoms with Crippen molar-refractivity contribution in [2.24, 2.45) is 0 Å². The maximum absolute atomic E-state index is 16.1. The van der Waals surface area contributed by atoms with Crippen LogP contribution in [0.3, 0.4) is 0 Å². The zero-order valence-corrected chi connectivity index (χ0v) is 25.1. The van der Waals surface area contributed by atoms with E-state index < -0.39 is 5.82 Å². The Hall–Kier alpha value is -4.44. The smallest absolute Gasteiger partial charge is 0.282 e. The first kappa shape index (κ1) is 28.7. The van der Waals surface area contributed by atoms with Crippen LogP contribution in [0.1, 0.15) is 37.9 Å². The van der Waals surface area contributed by atoms with E-state index in [4.69, 9.17) is 16.6 Å². The Morgan fingerprint density at radius 2 is 2.02 bits per heavy atom. The molecule has 0 spiro atoms. The zero-order valence-electron chi connectivity index (χ0n) is 24.4. The van der Waals surface area contributed by atoms with Crippen LogP contribution in [0.4, 0.5) is 15.8 Å². The first-order valence-corrected chi connectivity index (χ1v) is 14.6. The molecule has 0 bridgehead atoms. The van der Waals surface area contributed by atoms with Gasteiger partial charge in [0.1, 0.15) is 17.1 Å². The second-order valence-corrected chi connectivity index (χ2v) is 11.8. The molecular formula is C32H32ClFN6O3. The van der Waals surface area contributed by atoms with Crippen LogP contribution >= 0.6 is 11.6 Å². The van der Waals surface area contributed by atoms with E-state index in [1.54, 1.807) is 23.2 Å². The van der Waals surface area contributed by atoms with E-state index in [-0.39, 0.29) is 57.1 Å². The van der Waals surface area contributed by atoms with Gasteiger partial charge in [-0.15, -0.1) is 0 Å². The number of aryl methyl sites for hydroxylation is 1. The van der Waals surface area contributed by atoms with Crippen LogP contribution in [-0.4, -0.2) is 62.2 Å². The standard InChI is InChI=1S/C32H32ClFN6O3/c1-6-24(42)38-15-19-13-36-28-30(39(19)14-18(38)5)20-12-22(34)27(25-21(33)8-7-9-23(25)41)37-31(20)40(32(28)43)29-17(4)10-11-35-26(29)16(2)3/h6-12,16,18-19,36,41H,1,13-15H2,2-5H3. The van der Waals surface area contributed by atoms with Gasteiger partial charge in [0, 0.05) is 37.3 Å². The summed E-state index contributed by atoms with van der Waals surface area (Å²) in [7, 11) is 0. The molecule has 4 aromatic rings. The third-order valence-electron chi connectivity index (χ3n) is 8.33. The van der Waals surface area contributed by atoms with Crippen molar-refractivity contribution in [3.63, 3.8) is 0 Å². The molecule has 2 atom stereocenters. The molecular weight excluding hydrogens is 571 g/mol. The van der Waals surface area contributed by atoms with Gasteiger partial charge in [-0.1, -0.05) is 38.1 Å². The normalized spacial score (nSPS) is 17.9. The highest BCUT2D eigenvalue weighted by Crippen LogP contribution is 2.43. The molecule has 1 amide bonds. The van der Waals surface area contributed by atoms with Crippen LogP contribution in [0.5, 0.6) is 5.75 Å². The van der Waals surface area contributed by atoms with Crippen molar-refractivity contribution in [3.8, 4) is 22.7 Å². The van der Waals surface area contributed by atoms with Crippen molar-refractivity contribution in [1.82, 2.24) is 19.4 Å². The van der Waals surface area contributed by atoms with Crippen LogP contribution in [-0.2, 0) is 4.79 Å². The number of fused-ring (bicyclic) bond motifs is 5. The molecule has 1 fully saturated rings.